The van der Waals surface area contributed by atoms with Gasteiger partial charge in [-0.05, 0) is 62.7 Å². The van der Waals surface area contributed by atoms with Crippen LogP contribution in [0.3, 0.4) is 0 Å². The smallest absolute Gasteiger partial charge is 0.255 e. The molecule has 7 heteroatoms. The zero-order valence-electron chi connectivity index (χ0n) is 14.6. The zero-order chi connectivity index (χ0) is 18.8. The van der Waals surface area contributed by atoms with Gasteiger partial charge < -0.3 is 5.32 Å². The molecule has 2 aromatic carbocycles. The van der Waals surface area contributed by atoms with Crippen molar-refractivity contribution in [1.82, 2.24) is 4.31 Å². The minimum absolute atomic E-state index is 0.0758. The van der Waals surface area contributed by atoms with E-state index in [9.17, 15) is 17.6 Å². The summed E-state index contributed by atoms with van der Waals surface area (Å²) in [6.45, 7) is 5.30. The molecule has 0 bridgehead atoms. The summed E-state index contributed by atoms with van der Waals surface area (Å²) in [5, 5.41) is 2.48. The Hall–Kier alpha value is -2.25. The molecule has 0 spiro atoms. The summed E-state index contributed by atoms with van der Waals surface area (Å²) in [5.41, 5.74) is 1.07. The zero-order valence-corrected chi connectivity index (χ0v) is 15.4. The number of benzene rings is 2. The van der Waals surface area contributed by atoms with E-state index in [0.29, 0.717) is 0 Å². The number of rotatable bonds is 5. The summed E-state index contributed by atoms with van der Waals surface area (Å²) in [5.74, 6) is -1.03. The SMILES string of the molecule is Cc1ccc(NC(=O)c2ccc(S(=O)(=O)N(C)C(C)C)cc2)c(F)c1. The molecular formula is C18H21FN2O3S. The predicted molar refractivity (Wildman–Crippen MR) is 95.6 cm³/mol. The van der Waals surface area contributed by atoms with E-state index in [1.54, 1.807) is 26.8 Å². The maximum atomic E-state index is 13.8. The first-order valence-electron chi connectivity index (χ1n) is 7.78. The highest BCUT2D eigenvalue weighted by Gasteiger charge is 2.23. The average Bonchev–Trinajstić information content (AvgIpc) is 2.56. The molecule has 134 valence electrons. The van der Waals surface area contributed by atoms with E-state index in [0.717, 1.165) is 5.56 Å². The molecule has 0 aliphatic heterocycles. The number of hydrogen-bond acceptors (Lipinski definition) is 3. The van der Waals surface area contributed by atoms with E-state index >= 15 is 0 Å². The van der Waals surface area contributed by atoms with Gasteiger partial charge in [0.2, 0.25) is 10.0 Å². The van der Waals surface area contributed by atoms with Crippen LogP contribution in [0.5, 0.6) is 0 Å². The molecule has 0 saturated heterocycles. The molecule has 0 fully saturated rings. The minimum Gasteiger partial charge on any atom is -0.319 e. The molecule has 0 heterocycles. The fourth-order valence-electron chi connectivity index (χ4n) is 2.14. The molecule has 1 amide bonds. The highest BCUT2D eigenvalue weighted by molar-refractivity contribution is 7.89. The van der Waals surface area contributed by atoms with Crippen LogP contribution in [0, 0.1) is 12.7 Å². The van der Waals surface area contributed by atoms with Crippen molar-refractivity contribution in [3.05, 3.63) is 59.4 Å². The number of aryl methyl sites for hydroxylation is 1. The van der Waals surface area contributed by atoms with Crippen molar-refractivity contribution in [2.24, 2.45) is 0 Å². The lowest BCUT2D eigenvalue weighted by Gasteiger charge is -2.21. The number of carbonyl (C=O) groups excluding carboxylic acids is 1. The van der Waals surface area contributed by atoms with Crippen molar-refractivity contribution >= 4 is 21.6 Å². The van der Waals surface area contributed by atoms with Gasteiger partial charge in [0.05, 0.1) is 10.6 Å². The van der Waals surface area contributed by atoms with Gasteiger partial charge in [0.15, 0.2) is 0 Å². The molecule has 0 unspecified atom stereocenters. The van der Waals surface area contributed by atoms with Crippen LogP contribution in [0.15, 0.2) is 47.4 Å². The van der Waals surface area contributed by atoms with Crippen molar-refractivity contribution in [2.45, 2.75) is 31.7 Å². The van der Waals surface area contributed by atoms with Crippen LogP contribution in [-0.2, 0) is 10.0 Å². The van der Waals surface area contributed by atoms with Gasteiger partial charge in [0.1, 0.15) is 5.82 Å². The maximum Gasteiger partial charge on any atom is 0.255 e. The first kappa shape index (κ1) is 19.1. The first-order chi connectivity index (χ1) is 11.6. The topological polar surface area (TPSA) is 66.5 Å². The first-order valence-corrected chi connectivity index (χ1v) is 9.22. The van der Waals surface area contributed by atoms with E-state index in [2.05, 4.69) is 5.32 Å². The molecule has 0 atom stereocenters. The van der Waals surface area contributed by atoms with Crippen molar-refractivity contribution in [3.63, 3.8) is 0 Å². The van der Waals surface area contributed by atoms with Crippen molar-refractivity contribution in [2.75, 3.05) is 12.4 Å². The molecule has 5 nitrogen and oxygen atoms in total. The number of halogens is 1. The van der Waals surface area contributed by atoms with E-state index in [-0.39, 0.29) is 22.2 Å². The van der Waals surface area contributed by atoms with Crippen LogP contribution in [-0.4, -0.2) is 31.7 Å². The fourth-order valence-corrected chi connectivity index (χ4v) is 3.51. The molecule has 0 aliphatic carbocycles. The third-order valence-electron chi connectivity index (χ3n) is 3.89. The number of carbonyl (C=O) groups is 1. The summed E-state index contributed by atoms with van der Waals surface area (Å²) in [7, 11) is -2.11. The standard InChI is InChI=1S/C18H21FN2O3S/c1-12(2)21(4)25(23,24)15-8-6-14(7-9-15)18(22)20-17-10-5-13(3)11-16(17)19/h5-12H,1-4H3,(H,20,22). The third kappa shape index (κ3) is 4.24. The summed E-state index contributed by atoms with van der Waals surface area (Å²) in [6, 6.07) is 9.87. The van der Waals surface area contributed by atoms with Crippen LogP contribution < -0.4 is 5.32 Å². The number of anilines is 1. The molecule has 0 radical (unpaired) electrons. The molecule has 0 saturated carbocycles. The summed E-state index contributed by atoms with van der Waals surface area (Å²) in [4.78, 5) is 12.3. The second kappa shape index (κ2) is 7.33. The monoisotopic (exact) mass is 364 g/mol. The van der Waals surface area contributed by atoms with E-state index in [4.69, 9.17) is 0 Å². The highest BCUT2D eigenvalue weighted by atomic mass is 32.2. The number of sulfonamides is 1. The van der Waals surface area contributed by atoms with Gasteiger partial charge in [-0.3, -0.25) is 4.79 Å². The largest absolute Gasteiger partial charge is 0.319 e. The van der Waals surface area contributed by atoms with Crippen molar-refractivity contribution in [3.8, 4) is 0 Å². The van der Waals surface area contributed by atoms with Gasteiger partial charge in [-0.25, -0.2) is 12.8 Å². The van der Waals surface area contributed by atoms with Gasteiger partial charge in [-0.15, -0.1) is 0 Å². The number of hydrogen-bond donors (Lipinski definition) is 1. The van der Waals surface area contributed by atoms with Crippen molar-refractivity contribution in [1.29, 1.82) is 0 Å². The lowest BCUT2D eigenvalue weighted by atomic mass is 10.2. The predicted octanol–water partition coefficient (Wildman–Crippen LogP) is 3.42. The Labute approximate surface area is 147 Å². The summed E-state index contributed by atoms with van der Waals surface area (Å²) >= 11 is 0. The van der Waals surface area contributed by atoms with Crippen LogP contribution in [0.25, 0.3) is 0 Å². The molecule has 0 aromatic heterocycles. The highest BCUT2D eigenvalue weighted by Crippen LogP contribution is 2.19. The van der Waals surface area contributed by atoms with Crippen LogP contribution in [0.2, 0.25) is 0 Å². The lowest BCUT2D eigenvalue weighted by molar-refractivity contribution is 0.102. The van der Waals surface area contributed by atoms with Crippen molar-refractivity contribution < 1.29 is 17.6 Å². The van der Waals surface area contributed by atoms with Crippen LogP contribution in [0.1, 0.15) is 29.8 Å². The average molecular weight is 364 g/mol. The summed E-state index contributed by atoms with van der Waals surface area (Å²) in [6.07, 6.45) is 0. The Morgan fingerprint density at radius 3 is 2.24 bits per heavy atom. The second-order valence-electron chi connectivity index (χ2n) is 6.08. The number of amides is 1. The van der Waals surface area contributed by atoms with Gasteiger partial charge >= 0.3 is 0 Å². The molecule has 1 N–H and O–H groups in total. The van der Waals surface area contributed by atoms with Gasteiger partial charge in [0.25, 0.3) is 5.91 Å². The van der Waals surface area contributed by atoms with Gasteiger partial charge in [0, 0.05) is 18.7 Å². The quantitative estimate of drug-likeness (QED) is 0.884. The fraction of sp³-hybridized carbons (Fsp3) is 0.278. The van der Waals surface area contributed by atoms with E-state index in [1.165, 1.54) is 47.8 Å². The molecule has 25 heavy (non-hydrogen) atoms. The Morgan fingerprint density at radius 1 is 1.12 bits per heavy atom. The Bertz CT molecular complexity index is 878. The Kier molecular flexibility index (Phi) is 5.59. The van der Waals surface area contributed by atoms with Gasteiger partial charge in [-0.1, -0.05) is 6.07 Å². The van der Waals surface area contributed by atoms with Crippen LogP contribution >= 0.6 is 0 Å². The Balaban J connectivity index is 2.21. The summed E-state index contributed by atoms with van der Waals surface area (Å²) < 4.78 is 39.9. The second-order valence-corrected chi connectivity index (χ2v) is 8.07. The molecule has 2 rings (SSSR count). The van der Waals surface area contributed by atoms with Gasteiger partial charge in [-0.2, -0.15) is 4.31 Å². The Morgan fingerprint density at radius 2 is 1.72 bits per heavy atom. The molecule has 2 aromatic rings. The normalized spacial score (nSPS) is 11.8. The van der Waals surface area contributed by atoms with E-state index < -0.39 is 21.7 Å². The lowest BCUT2D eigenvalue weighted by Crippen LogP contribution is -2.33. The van der Waals surface area contributed by atoms with Crippen LogP contribution in [0.4, 0.5) is 10.1 Å². The third-order valence-corrected chi connectivity index (χ3v) is 5.94. The number of nitrogens with one attached hydrogen (secondary N) is 1. The maximum absolute atomic E-state index is 13.8. The minimum atomic E-state index is -3.61. The molecular weight excluding hydrogens is 343 g/mol. The molecule has 0 aliphatic rings. The number of nitrogens with zero attached hydrogens (tertiary/aromatic N) is 1. The van der Waals surface area contributed by atoms with E-state index in [1.807, 2.05) is 0 Å².